The number of nitrogens with one attached hydrogen (secondary N) is 2. The van der Waals surface area contributed by atoms with Crippen LogP contribution in [0.1, 0.15) is 38.7 Å². The lowest BCUT2D eigenvalue weighted by Crippen LogP contribution is -2.39. The van der Waals surface area contributed by atoms with E-state index in [1.54, 1.807) is 4.90 Å². The largest absolute Gasteiger partial charge is 0.357 e. The summed E-state index contributed by atoms with van der Waals surface area (Å²) in [5.74, 6) is 0.898. The Bertz CT molecular complexity index is 534. The van der Waals surface area contributed by atoms with Crippen molar-refractivity contribution in [2.24, 2.45) is 4.99 Å². The molecule has 1 aromatic carbocycles. The highest BCUT2D eigenvalue weighted by atomic mass is 79.9. The van der Waals surface area contributed by atoms with Gasteiger partial charge < -0.3 is 15.5 Å². The third-order valence-corrected chi connectivity index (χ3v) is 4.32. The van der Waals surface area contributed by atoms with E-state index in [2.05, 4.69) is 38.5 Å². The van der Waals surface area contributed by atoms with Crippen molar-refractivity contribution in [2.45, 2.75) is 39.7 Å². The number of carbonyl (C=O) groups is 1. The SMILES string of the molecule is CCCCN=C(NCC)NCCC(=O)N(C)Cc1ccccc1Br. The summed E-state index contributed by atoms with van der Waals surface area (Å²) in [5.41, 5.74) is 1.11. The number of aliphatic imine (C=N–C) groups is 1. The van der Waals surface area contributed by atoms with E-state index in [0.29, 0.717) is 19.5 Å². The van der Waals surface area contributed by atoms with Crippen LogP contribution in [-0.2, 0) is 11.3 Å². The molecule has 0 bridgehead atoms. The standard InChI is InChI=1S/C18H29BrN4O/c1-4-6-12-21-18(20-5-2)22-13-11-17(24)23(3)14-15-9-7-8-10-16(15)19/h7-10H,4-6,11-14H2,1-3H3,(H2,20,21,22). The van der Waals surface area contributed by atoms with E-state index >= 15 is 0 Å². The summed E-state index contributed by atoms with van der Waals surface area (Å²) in [7, 11) is 1.84. The van der Waals surface area contributed by atoms with Gasteiger partial charge in [0.25, 0.3) is 0 Å². The first-order valence-electron chi connectivity index (χ1n) is 8.58. The molecule has 0 heterocycles. The summed E-state index contributed by atoms with van der Waals surface area (Å²) in [6.07, 6.45) is 2.64. The van der Waals surface area contributed by atoms with Gasteiger partial charge in [-0.2, -0.15) is 0 Å². The molecule has 0 spiro atoms. The van der Waals surface area contributed by atoms with E-state index in [1.165, 1.54) is 0 Å². The maximum absolute atomic E-state index is 12.3. The van der Waals surface area contributed by atoms with Gasteiger partial charge in [-0.15, -0.1) is 0 Å². The van der Waals surface area contributed by atoms with Crippen molar-refractivity contribution >= 4 is 27.8 Å². The Morgan fingerprint density at radius 1 is 1.25 bits per heavy atom. The van der Waals surface area contributed by atoms with Gasteiger partial charge in [-0.05, 0) is 25.0 Å². The van der Waals surface area contributed by atoms with Gasteiger partial charge in [-0.1, -0.05) is 47.5 Å². The predicted molar refractivity (Wildman–Crippen MR) is 104 cm³/mol. The fourth-order valence-corrected chi connectivity index (χ4v) is 2.55. The highest BCUT2D eigenvalue weighted by Crippen LogP contribution is 2.17. The first kappa shape index (κ1) is 20.5. The molecule has 1 rings (SSSR count). The van der Waals surface area contributed by atoms with Crippen molar-refractivity contribution in [3.05, 3.63) is 34.3 Å². The van der Waals surface area contributed by atoms with E-state index in [9.17, 15) is 4.79 Å². The first-order valence-corrected chi connectivity index (χ1v) is 9.37. The number of rotatable bonds is 9. The molecule has 0 aliphatic rings. The molecule has 0 aliphatic heterocycles. The fraction of sp³-hybridized carbons (Fsp3) is 0.556. The minimum absolute atomic E-state index is 0.114. The van der Waals surface area contributed by atoms with Crippen LogP contribution in [0.5, 0.6) is 0 Å². The lowest BCUT2D eigenvalue weighted by atomic mass is 10.2. The maximum atomic E-state index is 12.3. The Kier molecular flexibility index (Phi) is 10.2. The Labute approximate surface area is 154 Å². The predicted octanol–water partition coefficient (Wildman–Crippen LogP) is 3.15. The molecule has 0 saturated carbocycles. The number of benzene rings is 1. The van der Waals surface area contributed by atoms with Crippen LogP contribution in [0.3, 0.4) is 0 Å². The van der Waals surface area contributed by atoms with Crippen molar-refractivity contribution in [3.8, 4) is 0 Å². The Hall–Kier alpha value is -1.56. The first-order chi connectivity index (χ1) is 11.6. The van der Waals surface area contributed by atoms with Crippen LogP contribution in [-0.4, -0.2) is 43.4 Å². The molecule has 134 valence electrons. The van der Waals surface area contributed by atoms with E-state index < -0.39 is 0 Å². The van der Waals surface area contributed by atoms with Gasteiger partial charge in [0.2, 0.25) is 5.91 Å². The number of halogens is 1. The number of amides is 1. The van der Waals surface area contributed by atoms with Gasteiger partial charge in [0.1, 0.15) is 0 Å². The zero-order valence-electron chi connectivity index (χ0n) is 14.9. The number of carbonyl (C=O) groups excluding carboxylic acids is 1. The van der Waals surface area contributed by atoms with Crippen molar-refractivity contribution in [1.82, 2.24) is 15.5 Å². The van der Waals surface area contributed by atoms with Crippen molar-refractivity contribution < 1.29 is 4.79 Å². The summed E-state index contributed by atoms with van der Waals surface area (Å²) < 4.78 is 1.03. The average Bonchev–Trinajstić information content (AvgIpc) is 2.57. The van der Waals surface area contributed by atoms with Crippen molar-refractivity contribution in [1.29, 1.82) is 0 Å². The second-order valence-corrected chi connectivity index (χ2v) is 6.49. The zero-order chi connectivity index (χ0) is 17.8. The van der Waals surface area contributed by atoms with E-state index in [-0.39, 0.29) is 5.91 Å². The lowest BCUT2D eigenvalue weighted by Gasteiger charge is -2.19. The van der Waals surface area contributed by atoms with Gasteiger partial charge in [-0.3, -0.25) is 9.79 Å². The molecule has 5 nitrogen and oxygen atoms in total. The molecule has 0 unspecified atom stereocenters. The second-order valence-electron chi connectivity index (χ2n) is 5.63. The summed E-state index contributed by atoms with van der Waals surface area (Å²) in [6, 6.07) is 7.97. The van der Waals surface area contributed by atoms with E-state index in [4.69, 9.17) is 0 Å². The van der Waals surface area contributed by atoms with Crippen LogP contribution in [0.4, 0.5) is 0 Å². The van der Waals surface area contributed by atoms with Crippen molar-refractivity contribution in [3.63, 3.8) is 0 Å². The highest BCUT2D eigenvalue weighted by Gasteiger charge is 2.10. The molecule has 6 heteroatoms. The van der Waals surface area contributed by atoms with E-state index in [1.807, 2.05) is 38.2 Å². The highest BCUT2D eigenvalue weighted by molar-refractivity contribution is 9.10. The number of unbranched alkanes of at least 4 members (excludes halogenated alkanes) is 1. The molecule has 0 saturated heterocycles. The van der Waals surface area contributed by atoms with Gasteiger partial charge in [0, 0.05) is 44.1 Å². The average molecular weight is 397 g/mol. The topological polar surface area (TPSA) is 56.7 Å². The summed E-state index contributed by atoms with van der Waals surface area (Å²) >= 11 is 3.52. The van der Waals surface area contributed by atoms with Crippen LogP contribution in [0.15, 0.2) is 33.7 Å². The number of nitrogens with zero attached hydrogens (tertiary/aromatic N) is 2. The molecule has 1 aromatic rings. The fourth-order valence-electron chi connectivity index (χ4n) is 2.14. The quantitative estimate of drug-likeness (QED) is 0.382. The van der Waals surface area contributed by atoms with Crippen LogP contribution in [0.25, 0.3) is 0 Å². The molecule has 0 fully saturated rings. The monoisotopic (exact) mass is 396 g/mol. The van der Waals surface area contributed by atoms with Gasteiger partial charge >= 0.3 is 0 Å². The van der Waals surface area contributed by atoms with Gasteiger partial charge in [0.15, 0.2) is 5.96 Å². The third-order valence-electron chi connectivity index (χ3n) is 3.55. The van der Waals surface area contributed by atoms with Gasteiger partial charge in [-0.25, -0.2) is 0 Å². The minimum Gasteiger partial charge on any atom is -0.357 e. The third kappa shape index (κ3) is 7.81. The Balaban J connectivity index is 2.40. The molecule has 1 amide bonds. The molecule has 0 radical (unpaired) electrons. The number of hydrogen-bond acceptors (Lipinski definition) is 2. The number of hydrogen-bond donors (Lipinski definition) is 2. The molecular weight excluding hydrogens is 368 g/mol. The van der Waals surface area contributed by atoms with Crippen LogP contribution in [0.2, 0.25) is 0 Å². The zero-order valence-corrected chi connectivity index (χ0v) is 16.5. The molecule has 0 aromatic heterocycles. The normalized spacial score (nSPS) is 11.2. The minimum atomic E-state index is 0.114. The summed E-state index contributed by atoms with van der Waals surface area (Å²) in [5, 5.41) is 6.42. The van der Waals surface area contributed by atoms with Crippen LogP contribution >= 0.6 is 15.9 Å². The molecule has 0 aliphatic carbocycles. The van der Waals surface area contributed by atoms with Crippen molar-refractivity contribution in [2.75, 3.05) is 26.7 Å². The molecule has 24 heavy (non-hydrogen) atoms. The van der Waals surface area contributed by atoms with Crippen LogP contribution in [0, 0.1) is 0 Å². The maximum Gasteiger partial charge on any atom is 0.224 e. The number of guanidine groups is 1. The summed E-state index contributed by atoms with van der Waals surface area (Å²) in [4.78, 5) is 18.5. The van der Waals surface area contributed by atoms with Crippen LogP contribution < -0.4 is 10.6 Å². The Morgan fingerprint density at radius 3 is 2.67 bits per heavy atom. The second kappa shape index (κ2) is 11.9. The lowest BCUT2D eigenvalue weighted by molar-refractivity contribution is -0.130. The summed E-state index contributed by atoms with van der Waals surface area (Å²) in [6.45, 7) is 6.99. The van der Waals surface area contributed by atoms with E-state index in [0.717, 1.165) is 41.9 Å². The smallest absolute Gasteiger partial charge is 0.224 e. The Morgan fingerprint density at radius 2 is 2.00 bits per heavy atom. The molecule has 0 atom stereocenters. The molecule has 2 N–H and O–H groups in total. The molecular formula is C18H29BrN4O. The van der Waals surface area contributed by atoms with Gasteiger partial charge in [0.05, 0.1) is 0 Å².